The summed E-state index contributed by atoms with van der Waals surface area (Å²) >= 11 is 3.43. The molecule has 0 aliphatic carbocycles. The van der Waals surface area contributed by atoms with Gasteiger partial charge >= 0.3 is 0 Å². The number of alkyl halides is 1. The Kier molecular flexibility index (Phi) is 7.67. The molecule has 4 heteroatoms. The van der Waals surface area contributed by atoms with Gasteiger partial charge in [0, 0.05) is 16.9 Å². The van der Waals surface area contributed by atoms with Gasteiger partial charge < -0.3 is 10.1 Å². The maximum absolute atomic E-state index is 12.1. The van der Waals surface area contributed by atoms with Crippen molar-refractivity contribution in [3.8, 4) is 5.75 Å². The van der Waals surface area contributed by atoms with Crippen molar-refractivity contribution in [3.05, 3.63) is 29.8 Å². The van der Waals surface area contributed by atoms with E-state index >= 15 is 0 Å². The van der Waals surface area contributed by atoms with Gasteiger partial charge in [-0.25, -0.2) is 0 Å². The molecule has 1 aromatic rings. The number of amides is 1. The number of hydrogen-bond donors (Lipinski definition) is 1. The number of ether oxygens (including phenoxy) is 1. The van der Waals surface area contributed by atoms with Crippen molar-refractivity contribution >= 4 is 21.8 Å². The van der Waals surface area contributed by atoms with Crippen LogP contribution in [-0.4, -0.2) is 23.9 Å². The highest BCUT2D eigenvalue weighted by atomic mass is 79.9. The zero-order valence-corrected chi connectivity index (χ0v) is 14.1. The number of rotatable bonds is 8. The number of carbonyl (C=O) groups is 1. The molecule has 0 saturated carbocycles. The first-order valence-electron chi connectivity index (χ1n) is 7.18. The number of carbonyl (C=O) groups excluding carboxylic acids is 1. The van der Waals surface area contributed by atoms with Crippen LogP contribution in [0, 0.1) is 5.92 Å². The van der Waals surface area contributed by atoms with Gasteiger partial charge in [0.15, 0.2) is 0 Å². The van der Waals surface area contributed by atoms with Gasteiger partial charge in [-0.05, 0) is 36.6 Å². The van der Waals surface area contributed by atoms with Crippen LogP contribution in [0.15, 0.2) is 24.3 Å². The van der Waals surface area contributed by atoms with Crippen LogP contribution in [0.5, 0.6) is 5.75 Å². The molecule has 1 N–H and O–H groups in total. The minimum atomic E-state index is -0.0386. The lowest BCUT2D eigenvalue weighted by Crippen LogP contribution is -2.39. The van der Waals surface area contributed by atoms with Crippen LogP contribution in [-0.2, 0) is 0 Å². The highest BCUT2D eigenvalue weighted by Crippen LogP contribution is 2.13. The summed E-state index contributed by atoms with van der Waals surface area (Å²) in [5, 5.41) is 3.79. The van der Waals surface area contributed by atoms with E-state index in [-0.39, 0.29) is 11.9 Å². The third-order valence-corrected chi connectivity index (χ3v) is 3.87. The highest BCUT2D eigenvalue weighted by molar-refractivity contribution is 9.09. The topological polar surface area (TPSA) is 38.3 Å². The van der Waals surface area contributed by atoms with E-state index in [9.17, 15) is 4.79 Å². The third kappa shape index (κ3) is 5.53. The molecule has 0 heterocycles. The minimum absolute atomic E-state index is 0.0386. The molecular weight excluding hydrogens is 318 g/mol. The summed E-state index contributed by atoms with van der Waals surface area (Å²) in [5.74, 6) is 1.18. The first-order valence-corrected chi connectivity index (χ1v) is 8.30. The van der Waals surface area contributed by atoms with Gasteiger partial charge in [0.2, 0.25) is 0 Å². The Labute approximate surface area is 130 Å². The van der Waals surface area contributed by atoms with E-state index in [2.05, 4.69) is 42.0 Å². The van der Waals surface area contributed by atoms with E-state index in [1.165, 1.54) is 0 Å². The van der Waals surface area contributed by atoms with Crippen LogP contribution in [0.1, 0.15) is 44.0 Å². The third-order valence-electron chi connectivity index (χ3n) is 3.17. The van der Waals surface area contributed by atoms with E-state index in [1.54, 1.807) is 0 Å². The summed E-state index contributed by atoms with van der Waals surface area (Å²) in [6.07, 6.45) is 2.16. The fourth-order valence-electron chi connectivity index (χ4n) is 1.67. The maximum atomic E-state index is 12.1. The van der Waals surface area contributed by atoms with Gasteiger partial charge in [0.1, 0.15) is 5.75 Å². The lowest BCUT2D eigenvalue weighted by molar-refractivity contribution is 0.0931. The summed E-state index contributed by atoms with van der Waals surface area (Å²) in [4.78, 5) is 12.1. The Balaban J connectivity index is 2.56. The SMILES string of the molecule is CCCCOc1ccc(C(=O)NC(CBr)C(C)C)cc1. The average Bonchev–Trinajstić information content (AvgIpc) is 2.45. The number of halogens is 1. The molecule has 20 heavy (non-hydrogen) atoms. The second kappa shape index (κ2) is 9.01. The number of hydrogen-bond acceptors (Lipinski definition) is 2. The first-order chi connectivity index (χ1) is 9.58. The molecule has 3 nitrogen and oxygen atoms in total. The Morgan fingerprint density at radius 2 is 1.95 bits per heavy atom. The first kappa shape index (κ1) is 17.0. The van der Waals surface area contributed by atoms with Crippen LogP contribution >= 0.6 is 15.9 Å². The van der Waals surface area contributed by atoms with Crippen molar-refractivity contribution in [2.45, 2.75) is 39.7 Å². The normalized spacial score (nSPS) is 12.2. The lowest BCUT2D eigenvalue weighted by atomic mass is 10.1. The number of unbranched alkanes of at least 4 members (excludes halogenated alkanes) is 1. The standard InChI is InChI=1S/C16H24BrNO2/c1-4-5-10-20-14-8-6-13(7-9-14)16(19)18-15(11-17)12(2)3/h6-9,12,15H,4-5,10-11H2,1-3H3,(H,18,19). The molecule has 0 bridgehead atoms. The van der Waals surface area contributed by atoms with Gasteiger partial charge in [-0.1, -0.05) is 43.1 Å². The summed E-state index contributed by atoms with van der Waals surface area (Å²) in [6.45, 7) is 7.04. The highest BCUT2D eigenvalue weighted by Gasteiger charge is 2.15. The van der Waals surface area contributed by atoms with Crippen LogP contribution in [0.4, 0.5) is 0 Å². The van der Waals surface area contributed by atoms with Crippen LogP contribution in [0.25, 0.3) is 0 Å². The molecule has 1 atom stereocenters. The summed E-state index contributed by atoms with van der Waals surface area (Å²) in [6, 6.07) is 7.46. The van der Waals surface area contributed by atoms with Crippen molar-refractivity contribution in [1.82, 2.24) is 5.32 Å². The molecule has 1 unspecified atom stereocenters. The fourth-order valence-corrected chi connectivity index (χ4v) is 2.58. The molecule has 1 amide bonds. The lowest BCUT2D eigenvalue weighted by Gasteiger charge is -2.20. The van der Waals surface area contributed by atoms with Crippen molar-refractivity contribution in [3.63, 3.8) is 0 Å². The predicted molar refractivity (Wildman–Crippen MR) is 86.7 cm³/mol. The van der Waals surface area contributed by atoms with Gasteiger partial charge in [0.25, 0.3) is 5.91 Å². The second-order valence-electron chi connectivity index (χ2n) is 5.20. The van der Waals surface area contributed by atoms with Crippen LogP contribution in [0.3, 0.4) is 0 Å². The molecular formula is C16H24BrNO2. The van der Waals surface area contributed by atoms with Crippen LogP contribution < -0.4 is 10.1 Å². The molecule has 0 saturated heterocycles. The Morgan fingerprint density at radius 3 is 2.45 bits per heavy atom. The molecule has 1 rings (SSSR count). The summed E-state index contributed by atoms with van der Waals surface area (Å²) in [7, 11) is 0. The van der Waals surface area contributed by atoms with E-state index in [0.29, 0.717) is 11.5 Å². The number of benzene rings is 1. The van der Waals surface area contributed by atoms with Crippen molar-refractivity contribution in [1.29, 1.82) is 0 Å². The zero-order chi connectivity index (χ0) is 15.0. The fraction of sp³-hybridized carbons (Fsp3) is 0.562. The molecule has 0 fully saturated rings. The summed E-state index contributed by atoms with van der Waals surface area (Å²) in [5.41, 5.74) is 0.666. The van der Waals surface area contributed by atoms with Gasteiger partial charge in [-0.15, -0.1) is 0 Å². The van der Waals surface area contributed by atoms with E-state index in [4.69, 9.17) is 4.74 Å². The second-order valence-corrected chi connectivity index (χ2v) is 5.85. The smallest absolute Gasteiger partial charge is 0.251 e. The van der Waals surface area contributed by atoms with Crippen LogP contribution in [0.2, 0.25) is 0 Å². The summed E-state index contributed by atoms with van der Waals surface area (Å²) < 4.78 is 5.58. The minimum Gasteiger partial charge on any atom is -0.494 e. The van der Waals surface area contributed by atoms with Gasteiger partial charge in [-0.3, -0.25) is 4.79 Å². The Hall–Kier alpha value is -1.03. The average molecular weight is 342 g/mol. The van der Waals surface area contributed by atoms with E-state index in [1.807, 2.05) is 24.3 Å². The van der Waals surface area contributed by atoms with Crippen molar-refractivity contribution in [2.24, 2.45) is 5.92 Å². The predicted octanol–water partition coefficient (Wildman–Crippen LogP) is 4.01. The van der Waals surface area contributed by atoms with Crippen molar-refractivity contribution in [2.75, 3.05) is 11.9 Å². The van der Waals surface area contributed by atoms with E-state index < -0.39 is 0 Å². The largest absolute Gasteiger partial charge is 0.494 e. The van der Waals surface area contributed by atoms with Crippen molar-refractivity contribution < 1.29 is 9.53 Å². The monoisotopic (exact) mass is 341 g/mol. The molecule has 0 aliphatic rings. The van der Waals surface area contributed by atoms with Gasteiger partial charge in [-0.2, -0.15) is 0 Å². The maximum Gasteiger partial charge on any atom is 0.251 e. The molecule has 0 radical (unpaired) electrons. The Morgan fingerprint density at radius 1 is 1.30 bits per heavy atom. The van der Waals surface area contributed by atoms with Gasteiger partial charge in [0.05, 0.1) is 6.61 Å². The number of nitrogens with one attached hydrogen (secondary N) is 1. The molecule has 112 valence electrons. The Bertz CT molecular complexity index is 403. The molecule has 0 aliphatic heterocycles. The molecule has 1 aromatic carbocycles. The molecule has 0 aromatic heterocycles. The molecule has 0 spiro atoms. The quantitative estimate of drug-likeness (QED) is 0.573. The van der Waals surface area contributed by atoms with E-state index in [0.717, 1.165) is 30.5 Å². The zero-order valence-electron chi connectivity index (χ0n) is 12.5.